The Hall–Kier alpha value is -1.36. The molecule has 0 aromatic rings. The van der Waals surface area contributed by atoms with E-state index in [1.54, 1.807) is 0 Å². The van der Waals surface area contributed by atoms with Crippen LogP contribution in [0.2, 0.25) is 0 Å². The second-order valence-electron chi connectivity index (χ2n) is 7.19. The number of piperidine rings is 1. The molecule has 0 aromatic heterocycles. The van der Waals surface area contributed by atoms with Crippen LogP contribution in [0.3, 0.4) is 0 Å². The van der Waals surface area contributed by atoms with Crippen LogP contribution in [-0.4, -0.2) is 84.8 Å². The van der Waals surface area contributed by atoms with Crippen LogP contribution >= 0.6 is 24.4 Å². The number of hydrogen-bond donors (Lipinski definition) is 4. The molecule has 0 amide bonds. The van der Waals surface area contributed by atoms with Gasteiger partial charge in [0.2, 0.25) is 0 Å². The molecular weight excluding hydrogens is 392 g/mol. The SMILES string of the molecule is CC(=N\NC(=S)NCCCN1CCCCC1)/C(C)=N/NC(=S)NCCN(C)C. The highest BCUT2D eigenvalue weighted by atomic mass is 32.1. The van der Waals surface area contributed by atoms with Crippen LogP contribution in [0, 0.1) is 0 Å². The van der Waals surface area contributed by atoms with Crippen LogP contribution in [0.4, 0.5) is 0 Å². The monoisotopic (exact) mass is 428 g/mol. The lowest BCUT2D eigenvalue weighted by Gasteiger charge is -2.26. The zero-order chi connectivity index (χ0) is 20.8. The molecule has 0 bridgehead atoms. The van der Waals surface area contributed by atoms with Crippen LogP contribution in [0.15, 0.2) is 10.2 Å². The van der Waals surface area contributed by atoms with E-state index in [1.165, 1.54) is 32.4 Å². The van der Waals surface area contributed by atoms with Crippen molar-refractivity contribution in [3.63, 3.8) is 0 Å². The van der Waals surface area contributed by atoms with Gasteiger partial charge in [0.05, 0.1) is 11.4 Å². The van der Waals surface area contributed by atoms with Gasteiger partial charge in [0.1, 0.15) is 0 Å². The first-order valence-corrected chi connectivity index (χ1v) is 10.7. The van der Waals surface area contributed by atoms with Crippen molar-refractivity contribution in [1.82, 2.24) is 31.3 Å². The molecule has 28 heavy (non-hydrogen) atoms. The summed E-state index contributed by atoms with van der Waals surface area (Å²) >= 11 is 10.5. The van der Waals surface area contributed by atoms with E-state index in [4.69, 9.17) is 24.4 Å². The fraction of sp³-hybridized carbons (Fsp3) is 0.778. The maximum atomic E-state index is 5.27. The predicted molar refractivity (Wildman–Crippen MR) is 127 cm³/mol. The fourth-order valence-corrected chi connectivity index (χ4v) is 2.89. The van der Waals surface area contributed by atoms with Gasteiger partial charge in [-0.15, -0.1) is 0 Å². The third-order valence-electron chi connectivity index (χ3n) is 4.40. The lowest BCUT2D eigenvalue weighted by Crippen LogP contribution is -2.37. The van der Waals surface area contributed by atoms with Gasteiger partial charge in [-0.05, 0) is 91.3 Å². The Morgan fingerprint density at radius 3 is 1.96 bits per heavy atom. The quantitative estimate of drug-likeness (QED) is 0.178. The molecule has 0 aliphatic carbocycles. The largest absolute Gasteiger partial charge is 0.361 e. The number of likely N-dealkylation sites (tertiary alicyclic amines) is 1. The number of likely N-dealkylation sites (N-methyl/N-ethyl adjacent to an activating group) is 1. The van der Waals surface area contributed by atoms with Gasteiger partial charge in [0.25, 0.3) is 0 Å². The van der Waals surface area contributed by atoms with Crippen LogP contribution < -0.4 is 21.5 Å². The normalized spacial score (nSPS) is 16.0. The average molecular weight is 429 g/mol. The lowest BCUT2D eigenvalue weighted by molar-refractivity contribution is 0.227. The summed E-state index contributed by atoms with van der Waals surface area (Å²) in [6.07, 6.45) is 5.10. The Labute approximate surface area is 180 Å². The molecule has 1 fully saturated rings. The molecule has 0 unspecified atom stereocenters. The first kappa shape index (κ1) is 24.7. The van der Waals surface area contributed by atoms with Crippen LogP contribution in [0.1, 0.15) is 39.5 Å². The minimum Gasteiger partial charge on any atom is -0.361 e. The number of hydrogen-bond acceptors (Lipinski definition) is 6. The Morgan fingerprint density at radius 2 is 1.43 bits per heavy atom. The van der Waals surface area contributed by atoms with Gasteiger partial charge < -0.3 is 20.4 Å². The number of nitrogens with zero attached hydrogens (tertiary/aromatic N) is 4. The van der Waals surface area contributed by atoms with Crippen molar-refractivity contribution in [1.29, 1.82) is 0 Å². The van der Waals surface area contributed by atoms with Crippen molar-refractivity contribution in [2.45, 2.75) is 39.5 Å². The van der Waals surface area contributed by atoms with E-state index in [0.717, 1.165) is 44.0 Å². The standard InChI is InChI=1S/C18H36N8S2/c1-15(16(2)22-24-18(28)20-10-14-25(3)4)21-23-17(27)19-9-8-13-26-11-6-5-7-12-26/h5-14H2,1-4H3,(H2,19,23,27)(H2,20,24,28)/b21-15+,22-16+. The molecule has 0 spiro atoms. The van der Waals surface area contributed by atoms with Gasteiger partial charge in [-0.2, -0.15) is 10.2 Å². The van der Waals surface area contributed by atoms with Crippen molar-refractivity contribution >= 4 is 46.1 Å². The summed E-state index contributed by atoms with van der Waals surface area (Å²) in [5.41, 5.74) is 7.16. The zero-order valence-corrected chi connectivity index (χ0v) is 19.3. The number of rotatable bonds is 10. The maximum Gasteiger partial charge on any atom is 0.187 e. The maximum absolute atomic E-state index is 5.27. The van der Waals surface area contributed by atoms with Gasteiger partial charge in [-0.1, -0.05) is 6.42 Å². The molecule has 4 N–H and O–H groups in total. The number of hydrazone groups is 2. The van der Waals surface area contributed by atoms with Gasteiger partial charge in [0, 0.05) is 19.6 Å². The molecule has 1 heterocycles. The summed E-state index contributed by atoms with van der Waals surface area (Å²) in [5.74, 6) is 0. The first-order valence-electron chi connectivity index (χ1n) is 9.92. The molecule has 0 radical (unpaired) electrons. The third kappa shape index (κ3) is 12.2. The van der Waals surface area contributed by atoms with E-state index in [-0.39, 0.29) is 0 Å². The molecule has 1 aliphatic rings. The fourth-order valence-electron chi connectivity index (χ4n) is 2.59. The summed E-state index contributed by atoms with van der Waals surface area (Å²) < 4.78 is 0. The highest BCUT2D eigenvalue weighted by Gasteiger charge is 2.08. The molecular formula is C18H36N8S2. The van der Waals surface area contributed by atoms with Gasteiger partial charge >= 0.3 is 0 Å². The highest BCUT2D eigenvalue weighted by Crippen LogP contribution is 2.08. The smallest absolute Gasteiger partial charge is 0.187 e. The van der Waals surface area contributed by atoms with Gasteiger partial charge in [0.15, 0.2) is 10.2 Å². The Balaban J connectivity index is 2.19. The van der Waals surface area contributed by atoms with Crippen molar-refractivity contribution in [2.75, 3.05) is 53.4 Å². The zero-order valence-electron chi connectivity index (χ0n) is 17.7. The van der Waals surface area contributed by atoms with E-state index in [0.29, 0.717) is 10.2 Å². The number of thiocarbonyl (C=S) groups is 2. The average Bonchev–Trinajstić information content (AvgIpc) is 2.68. The van der Waals surface area contributed by atoms with Gasteiger partial charge in [-0.3, -0.25) is 10.9 Å². The highest BCUT2D eigenvalue weighted by molar-refractivity contribution is 7.80. The van der Waals surface area contributed by atoms with E-state index in [1.807, 2.05) is 27.9 Å². The second-order valence-corrected chi connectivity index (χ2v) is 8.01. The lowest BCUT2D eigenvalue weighted by atomic mass is 10.1. The van der Waals surface area contributed by atoms with Crippen LogP contribution in [0.5, 0.6) is 0 Å². The molecule has 0 aromatic carbocycles. The number of nitrogens with one attached hydrogen (secondary N) is 4. The van der Waals surface area contributed by atoms with Crippen molar-refractivity contribution in [2.24, 2.45) is 10.2 Å². The Bertz CT molecular complexity index is 542. The summed E-state index contributed by atoms with van der Waals surface area (Å²) in [5, 5.41) is 15.8. The minimum atomic E-state index is 0.493. The summed E-state index contributed by atoms with van der Waals surface area (Å²) in [6, 6.07) is 0. The molecule has 8 nitrogen and oxygen atoms in total. The predicted octanol–water partition coefficient (Wildman–Crippen LogP) is 1.10. The summed E-state index contributed by atoms with van der Waals surface area (Å²) in [7, 11) is 4.03. The van der Waals surface area contributed by atoms with E-state index in [2.05, 4.69) is 41.5 Å². The molecule has 0 saturated carbocycles. The summed E-state index contributed by atoms with van der Waals surface area (Å²) in [6.45, 7) is 9.83. The van der Waals surface area contributed by atoms with Crippen molar-refractivity contribution in [3.05, 3.63) is 0 Å². The third-order valence-corrected chi connectivity index (χ3v) is 4.88. The van der Waals surface area contributed by atoms with Crippen molar-refractivity contribution in [3.8, 4) is 0 Å². The Kier molecular flexibility index (Phi) is 12.9. The van der Waals surface area contributed by atoms with Crippen LogP contribution in [0.25, 0.3) is 0 Å². The molecule has 1 rings (SSSR count). The molecule has 160 valence electrons. The summed E-state index contributed by atoms with van der Waals surface area (Å²) in [4.78, 5) is 4.60. The van der Waals surface area contributed by atoms with E-state index in [9.17, 15) is 0 Å². The van der Waals surface area contributed by atoms with Crippen LogP contribution in [-0.2, 0) is 0 Å². The van der Waals surface area contributed by atoms with E-state index >= 15 is 0 Å². The molecule has 1 saturated heterocycles. The molecule has 1 aliphatic heterocycles. The second kappa shape index (κ2) is 14.6. The topological polar surface area (TPSA) is 79.3 Å². The minimum absolute atomic E-state index is 0.493. The Morgan fingerprint density at radius 1 is 0.893 bits per heavy atom. The first-order chi connectivity index (χ1) is 13.4. The molecule has 10 heteroatoms. The van der Waals surface area contributed by atoms with E-state index < -0.39 is 0 Å². The van der Waals surface area contributed by atoms with Crippen molar-refractivity contribution < 1.29 is 0 Å². The van der Waals surface area contributed by atoms with Gasteiger partial charge in [-0.25, -0.2) is 0 Å². The molecule has 0 atom stereocenters.